The molecule has 3 nitrogen and oxygen atoms in total. The monoisotopic (exact) mass is 199 g/mol. The molecule has 0 amide bonds. The first kappa shape index (κ1) is 10.2. The second-order valence-electron chi connectivity index (χ2n) is 2.67. The molecule has 0 bridgehead atoms. The summed E-state index contributed by atoms with van der Waals surface area (Å²) in [5.41, 5.74) is 1.01. The average Bonchev–Trinajstić information content (AvgIpc) is 2.12. The van der Waals surface area contributed by atoms with E-state index >= 15 is 0 Å². The van der Waals surface area contributed by atoms with E-state index in [4.69, 9.17) is 5.11 Å². The highest BCUT2D eigenvalue weighted by Gasteiger charge is 1.99. The summed E-state index contributed by atoms with van der Waals surface area (Å²) in [6, 6.07) is 4.89. The van der Waals surface area contributed by atoms with Crippen molar-refractivity contribution in [2.45, 2.75) is 6.42 Å². The average molecular weight is 199 g/mol. The minimum absolute atomic E-state index is 0.0540. The van der Waals surface area contributed by atoms with Crippen LogP contribution in [0.15, 0.2) is 18.2 Å². The number of aromatic hydroxyl groups is 2. The molecule has 0 aliphatic rings. The topological polar surface area (TPSA) is 52.5 Å². The lowest BCUT2D eigenvalue weighted by Gasteiger charge is -2.03. The summed E-state index contributed by atoms with van der Waals surface area (Å²) in [6.45, 7) is 0.853. The first-order valence-electron chi connectivity index (χ1n) is 4.00. The maximum atomic E-state index is 9.18. The van der Waals surface area contributed by atoms with E-state index in [-0.39, 0.29) is 11.5 Å². The smallest absolute Gasteiger partial charge is 0.157 e. The Morgan fingerprint density at radius 2 is 2.08 bits per heavy atom. The van der Waals surface area contributed by atoms with E-state index in [1.807, 2.05) is 6.26 Å². The summed E-state index contributed by atoms with van der Waals surface area (Å²) >= 11 is 1.57. The molecule has 0 saturated heterocycles. The fourth-order valence-corrected chi connectivity index (χ4v) is 1.33. The molecule has 1 aromatic carbocycles. The van der Waals surface area contributed by atoms with Crippen molar-refractivity contribution in [2.24, 2.45) is 0 Å². The Balaban J connectivity index is 2.53. The van der Waals surface area contributed by atoms with Crippen molar-refractivity contribution in [2.75, 3.05) is 12.8 Å². The van der Waals surface area contributed by atoms with Crippen LogP contribution in [0.25, 0.3) is 0 Å². The number of phenolic OH excluding ortho intramolecular Hbond substituents is 2. The second kappa shape index (κ2) is 4.99. The van der Waals surface area contributed by atoms with Crippen LogP contribution in [-0.2, 0) is 6.42 Å². The Kier molecular flexibility index (Phi) is 3.92. The number of benzene rings is 1. The van der Waals surface area contributed by atoms with Crippen molar-refractivity contribution >= 4 is 11.9 Å². The molecule has 3 N–H and O–H groups in total. The van der Waals surface area contributed by atoms with E-state index < -0.39 is 0 Å². The summed E-state index contributed by atoms with van der Waals surface area (Å²) in [5.74, 6) is -0.122. The van der Waals surface area contributed by atoms with Crippen LogP contribution in [0.3, 0.4) is 0 Å². The molecule has 0 aliphatic heterocycles. The van der Waals surface area contributed by atoms with Crippen molar-refractivity contribution in [3.63, 3.8) is 0 Å². The fourth-order valence-electron chi connectivity index (χ4n) is 1.02. The van der Waals surface area contributed by atoms with Crippen molar-refractivity contribution in [3.05, 3.63) is 23.8 Å². The van der Waals surface area contributed by atoms with Crippen LogP contribution >= 0.6 is 11.9 Å². The van der Waals surface area contributed by atoms with Crippen LogP contribution in [0.2, 0.25) is 0 Å². The molecule has 13 heavy (non-hydrogen) atoms. The molecule has 0 heterocycles. The Morgan fingerprint density at radius 1 is 1.31 bits per heavy atom. The van der Waals surface area contributed by atoms with E-state index in [2.05, 4.69) is 4.72 Å². The summed E-state index contributed by atoms with van der Waals surface area (Å²) in [5, 5.41) is 18.2. The maximum absolute atomic E-state index is 9.18. The van der Waals surface area contributed by atoms with E-state index in [1.54, 1.807) is 24.1 Å². The number of phenols is 2. The van der Waals surface area contributed by atoms with Gasteiger partial charge in [-0.3, -0.25) is 4.72 Å². The lowest BCUT2D eigenvalue weighted by molar-refractivity contribution is 0.403. The zero-order chi connectivity index (χ0) is 9.68. The van der Waals surface area contributed by atoms with Gasteiger partial charge in [0.25, 0.3) is 0 Å². The first-order chi connectivity index (χ1) is 6.24. The largest absolute Gasteiger partial charge is 0.504 e. The van der Waals surface area contributed by atoms with Crippen LogP contribution in [-0.4, -0.2) is 23.0 Å². The molecule has 4 heteroatoms. The summed E-state index contributed by atoms with van der Waals surface area (Å²) in [6.07, 6.45) is 2.81. The molecule has 0 aliphatic carbocycles. The van der Waals surface area contributed by atoms with E-state index in [1.165, 1.54) is 6.07 Å². The van der Waals surface area contributed by atoms with Crippen LogP contribution < -0.4 is 4.72 Å². The predicted molar refractivity (Wildman–Crippen MR) is 55.0 cm³/mol. The van der Waals surface area contributed by atoms with Crippen molar-refractivity contribution in [1.82, 2.24) is 4.72 Å². The molecule has 0 spiro atoms. The Labute approximate surface area is 81.9 Å². The van der Waals surface area contributed by atoms with Crippen molar-refractivity contribution in [3.8, 4) is 11.5 Å². The summed E-state index contributed by atoms with van der Waals surface area (Å²) in [7, 11) is 0. The molecular weight excluding hydrogens is 186 g/mol. The van der Waals surface area contributed by atoms with Gasteiger partial charge in [-0.1, -0.05) is 18.0 Å². The lowest BCUT2D eigenvalue weighted by atomic mass is 10.1. The Hall–Kier alpha value is -0.870. The molecule has 1 rings (SSSR count). The fraction of sp³-hybridized carbons (Fsp3) is 0.333. The van der Waals surface area contributed by atoms with Gasteiger partial charge in [-0.2, -0.15) is 0 Å². The molecule has 72 valence electrons. The number of nitrogens with one attached hydrogen (secondary N) is 1. The minimum atomic E-state index is -0.0680. The number of hydrogen-bond acceptors (Lipinski definition) is 4. The molecule has 0 aromatic heterocycles. The van der Waals surface area contributed by atoms with E-state index in [0.717, 1.165) is 18.5 Å². The maximum Gasteiger partial charge on any atom is 0.157 e. The minimum Gasteiger partial charge on any atom is -0.504 e. The molecular formula is C9H13NO2S. The van der Waals surface area contributed by atoms with Gasteiger partial charge in [-0.25, -0.2) is 0 Å². The van der Waals surface area contributed by atoms with Crippen molar-refractivity contribution in [1.29, 1.82) is 0 Å². The van der Waals surface area contributed by atoms with Gasteiger partial charge < -0.3 is 10.2 Å². The zero-order valence-corrected chi connectivity index (χ0v) is 8.27. The summed E-state index contributed by atoms with van der Waals surface area (Å²) in [4.78, 5) is 0. The molecule has 0 saturated carbocycles. The third-order valence-electron chi connectivity index (χ3n) is 1.70. The Morgan fingerprint density at radius 3 is 2.69 bits per heavy atom. The highest BCUT2D eigenvalue weighted by Crippen LogP contribution is 2.24. The van der Waals surface area contributed by atoms with Crippen LogP contribution in [0, 0.1) is 0 Å². The first-order valence-corrected chi connectivity index (χ1v) is 5.23. The van der Waals surface area contributed by atoms with Crippen molar-refractivity contribution < 1.29 is 10.2 Å². The third kappa shape index (κ3) is 3.16. The predicted octanol–water partition coefficient (Wildman–Crippen LogP) is 1.51. The summed E-state index contributed by atoms with van der Waals surface area (Å²) < 4.78 is 3.10. The zero-order valence-electron chi connectivity index (χ0n) is 7.45. The van der Waals surface area contributed by atoms with Crippen LogP contribution in [0.5, 0.6) is 11.5 Å². The quantitative estimate of drug-likeness (QED) is 0.391. The SMILES string of the molecule is CSNCCc1ccc(O)c(O)c1. The van der Waals surface area contributed by atoms with Crippen LogP contribution in [0.4, 0.5) is 0 Å². The van der Waals surface area contributed by atoms with Gasteiger partial charge >= 0.3 is 0 Å². The molecule has 0 unspecified atom stereocenters. The molecule has 0 atom stereocenters. The van der Waals surface area contributed by atoms with Gasteiger partial charge in [-0.05, 0) is 30.4 Å². The van der Waals surface area contributed by atoms with E-state index in [9.17, 15) is 5.11 Å². The number of rotatable bonds is 4. The van der Waals surface area contributed by atoms with Gasteiger partial charge in [0, 0.05) is 6.54 Å². The standard InChI is InChI=1S/C9H13NO2S/c1-13-10-5-4-7-2-3-8(11)9(12)6-7/h2-3,6,10-12H,4-5H2,1H3. The van der Waals surface area contributed by atoms with Crippen LogP contribution in [0.1, 0.15) is 5.56 Å². The molecule has 0 fully saturated rings. The van der Waals surface area contributed by atoms with E-state index in [0.29, 0.717) is 0 Å². The van der Waals surface area contributed by atoms with Gasteiger partial charge in [0.05, 0.1) is 0 Å². The molecule has 1 aromatic rings. The Bertz CT molecular complexity index is 278. The second-order valence-corrected chi connectivity index (χ2v) is 3.37. The number of hydrogen-bond donors (Lipinski definition) is 3. The highest BCUT2D eigenvalue weighted by molar-refractivity contribution is 7.96. The normalized spacial score (nSPS) is 10.2. The highest BCUT2D eigenvalue weighted by atomic mass is 32.2. The van der Waals surface area contributed by atoms with Gasteiger partial charge in [0.2, 0.25) is 0 Å². The van der Waals surface area contributed by atoms with Gasteiger partial charge in [0.15, 0.2) is 11.5 Å². The molecule has 0 radical (unpaired) electrons. The van der Waals surface area contributed by atoms with Gasteiger partial charge in [0.1, 0.15) is 0 Å². The van der Waals surface area contributed by atoms with Gasteiger partial charge in [-0.15, -0.1) is 0 Å². The third-order valence-corrected chi connectivity index (χ3v) is 2.19. The lowest BCUT2D eigenvalue weighted by Crippen LogP contribution is -2.07.